The van der Waals surface area contributed by atoms with Crippen LogP contribution in [0, 0.1) is 12.8 Å². The summed E-state index contributed by atoms with van der Waals surface area (Å²) < 4.78 is 0. The van der Waals surface area contributed by atoms with Gasteiger partial charge < -0.3 is 5.32 Å². The fraction of sp³-hybridized carbons (Fsp3) is 0.545. The van der Waals surface area contributed by atoms with Gasteiger partial charge in [-0.3, -0.25) is 4.98 Å². The Morgan fingerprint density at radius 1 is 1.54 bits per heavy atom. The summed E-state index contributed by atoms with van der Waals surface area (Å²) in [4.78, 5) is 4.43. The lowest BCUT2D eigenvalue weighted by molar-refractivity contribution is 0.596. The minimum atomic E-state index is 0.483. The second kappa shape index (κ2) is 3.46. The average molecular weight is 176 g/mol. The summed E-state index contributed by atoms with van der Waals surface area (Å²) in [6.07, 6.45) is 3.10. The van der Waals surface area contributed by atoms with Crippen molar-refractivity contribution in [2.45, 2.75) is 26.3 Å². The van der Waals surface area contributed by atoms with Crippen LogP contribution in [0.5, 0.6) is 0 Å². The molecule has 13 heavy (non-hydrogen) atoms. The number of aromatic nitrogens is 1. The van der Waals surface area contributed by atoms with Crippen LogP contribution in [0.1, 0.15) is 30.6 Å². The summed E-state index contributed by atoms with van der Waals surface area (Å²) >= 11 is 0. The molecule has 0 radical (unpaired) electrons. The molecular weight excluding hydrogens is 160 g/mol. The van der Waals surface area contributed by atoms with Crippen molar-refractivity contribution in [3.63, 3.8) is 0 Å². The third-order valence-electron chi connectivity index (χ3n) is 2.73. The van der Waals surface area contributed by atoms with Crippen LogP contribution in [0.25, 0.3) is 0 Å². The maximum Gasteiger partial charge on any atom is 0.0602 e. The van der Waals surface area contributed by atoms with Gasteiger partial charge in [0, 0.05) is 6.20 Å². The zero-order chi connectivity index (χ0) is 9.26. The van der Waals surface area contributed by atoms with Crippen molar-refractivity contribution in [3.05, 3.63) is 29.6 Å². The molecule has 0 aliphatic carbocycles. The molecule has 2 atom stereocenters. The van der Waals surface area contributed by atoms with E-state index in [0.29, 0.717) is 6.04 Å². The molecular formula is C11H16N2. The zero-order valence-corrected chi connectivity index (χ0v) is 8.25. The van der Waals surface area contributed by atoms with Crippen molar-refractivity contribution in [1.82, 2.24) is 10.3 Å². The largest absolute Gasteiger partial charge is 0.308 e. The van der Waals surface area contributed by atoms with E-state index in [0.717, 1.165) is 12.5 Å². The highest BCUT2D eigenvalue weighted by Gasteiger charge is 2.23. The molecule has 0 bridgehead atoms. The van der Waals surface area contributed by atoms with Gasteiger partial charge in [0.15, 0.2) is 0 Å². The number of aryl methyl sites for hydroxylation is 1. The monoisotopic (exact) mass is 176 g/mol. The molecule has 1 aromatic heterocycles. The summed E-state index contributed by atoms with van der Waals surface area (Å²) in [7, 11) is 0. The molecule has 1 aliphatic heterocycles. The Hall–Kier alpha value is -0.890. The van der Waals surface area contributed by atoms with Crippen LogP contribution >= 0.6 is 0 Å². The van der Waals surface area contributed by atoms with Crippen molar-refractivity contribution in [1.29, 1.82) is 0 Å². The summed E-state index contributed by atoms with van der Waals surface area (Å²) in [5.41, 5.74) is 2.53. The zero-order valence-electron chi connectivity index (χ0n) is 8.25. The van der Waals surface area contributed by atoms with E-state index in [2.05, 4.69) is 30.2 Å². The molecule has 1 aromatic rings. The third-order valence-corrected chi connectivity index (χ3v) is 2.73. The molecule has 0 spiro atoms. The summed E-state index contributed by atoms with van der Waals surface area (Å²) in [6.45, 7) is 5.54. The molecule has 0 amide bonds. The van der Waals surface area contributed by atoms with Gasteiger partial charge in [-0.05, 0) is 37.4 Å². The lowest BCUT2D eigenvalue weighted by atomic mass is 10.0. The van der Waals surface area contributed by atoms with Crippen molar-refractivity contribution in [3.8, 4) is 0 Å². The van der Waals surface area contributed by atoms with Gasteiger partial charge in [-0.15, -0.1) is 0 Å². The predicted octanol–water partition coefficient (Wildman–Crippen LogP) is 2.06. The molecule has 0 saturated carbocycles. The molecule has 2 heterocycles. The first-order chi connectivity index (χ1) is 6.27. The summed E-state index contributed by atoms with van der Waals surface area (Å²) in [5, 5.41) is 3.50. The van der Waals surface area contributed by atoms with Gasteiger partial charge in [0.25, 0.3) is 0 Å². The molecule has 0 aromatic carbocycles. The quantitative estimate of drug-likeness (QED) is 0.708. The fourth-order valence-electron chi connectivity index (χ4n) is 1.98. The third kappa shape index (κ3) is 1.73. The Morgan fingerprint density at radius 3 is 3.00 bits per heavy atom. The minimum Gasteiger partial charge on any atom is -0.308 e. The number of pyridine rings is 1. The van der Waals surface area contributed by atoms with Gasteiger partial charge in [-0.1, -0.05) is 13.0 Å². The van der Waals surface area contributed by atoms with Crippen LogP contribution in [-0.4, -0.2) is 11.5 Å². The number of hydrogen-bond donors (Lipinski definition) is 1. The Balaban J connectivity index is 2.21. The first-order valence-electron chi connectivity index (χ1n) is 4.92. The second-order valence-corrected chi connectivity index (χ2v) is 4.01. The van der Waals surface area contributed by atoms with Crippen molar-refractivity contribution >= 4 is 0 Å². The van der Waals surface area contributed by atoms with Gasteiger partial charge in [0.05, 0.1) is 11.7 Å². The Labute approximate surface area is 79.4 Å². The van der Waals surface area contributed by atoms with Crippen molar-refractivity contribution in [2.75, 3.05) is 6.54 Å². The Morgan fingerprint density at radius 2 is 2.38 bits per heavy atom. The predicted molar refractivity (Wildman–Crippen MR) is 53.5 cm³/mol. The number of rotatable bonds is 1. The second-order valence-electron chi connectivity index (χ2n) is 4.01. The van der Waals surface area contributed by atoms with Gasteiger partial charge in [-0.2, -0.15) is 0 Å². The van der Waals surface area contributed by atoms with Crippen molar-refractivity contribution in [2.24, 2.45) is 5.92 Å². The average Bonchev–Trinajstić information content (AvgIpc) is 2.53. The molecule has 1 saturated heterocycles. The van der Waals surface area contributed by atoms with Crippen LogP contribution in [0.15, 0.2) is 18.3 Å². The van der Waals surface area contributed by atoms with Gasteiger partial charge >= 0.3 is 0 Å². The highest BCUT2D eigenvalue weighted by atomic mass is 15.0. The SMILES string of the molecule is Cc1cccnc1[C@H]1C[C@H](C)CN1. The standard InChI is InChI=1S/C11H16N2/c1-8-6-10(13-7-8)11-9(2)4-3-5-12-11/h3-5,8,10,13H,6-7H2,1-2H3/t8-,10+/m0/s1. The maximum absolute atomic E-state index is 4.43. The van der Waals surface area contributed by atoms with E-state index < -0.39 is 0 Å². The number of hydrogen-bond acceptors (Lipinski definition) is 2. The molecule has 2 rings (SSSR count). The molecule has 0 unspecified atom stereocenters. The van der Waals surface area contributed by atoms with E-state index in [1.165, 1.54) is 17.7 Å². The summed E-state index contributed by atoms with van der Waals surface area (Å²) in [6, 6.07) is 4.61. The fourth-order valence-corrected chi connectivity index (χ4v) is 1.98. The van der Waals surface area contributed by atoms with Gasteiger partial charge in [-0.25, -0.2) is 0 Å². The topological polar surface area (TPSA) is 24.9 Å². The molecule has 1 aliphatic rings. The molecule has 2 heteroatoms. The highest BCUT2D eigenvalue weighted by Crippen LogP contribution is 2.26. The van der Waals surface area contributed by atoms with E-state index in [1.54, 1.807) is 0 Å². The van der Waals surface area contributed by atoms with Crippen LogP contribution in [0.3, 0.4) is 0 Å². The Bertz CT molecular complexity index is 296. The molecule has 70 valence electrons. The van der Waals surface area contributed by atoms with Gasteiger partial charge in [0.2, 0.25) is 0 Å². The van der Waals surface area contributed by atoms with Crippen LogP contribution in [0.4, 0.5) is 0 Å². The first-order valence-corrected chi connectivity index (χ1v) is 4.92. The van der Waals surface area contributed by atoms with Crippen LogP contribution in [0.2, 0.25) is 0 Å². The molecule has 1 fully saturated rings. The van der Waals surface area contributed by atoms with Crippen LogP contribution in [-0.2, 0) is 0 Å². The maximum atomic E-state index is 4.43. The normalized spacial score (nSPS) is 27.8. The van der Waals surface area contributed by atoms with E-state index in [9.17, 15) is 0 Å². The van der Waals surface area contributed by atoms with Gasteiger partial charge in [0.1, 0.15) is 0 Å². The van der Waals surface area contributed by atoms with E-state index >= 15 is 0 Å². The molecule has 1 N–H and O–H groups in total. The van der Waals surface area contributed by atoms with E-state index in [-0.39, 0.29) is 0 Å². The molecule has 2 nitrogen and oxygen atoms in total. The lowest BCUT2D eigenvalue weighted by Gasteiger charge is -2.11. The smallest absolute Gasteiger partial charge is 0.0602 e. The number of nitrogens with zero attached hydrogens (tertiary/aromatic N) is 1. The minimum absolute atomic E-state index is 0.483. The lowest BCUT2D eigenvalue weighted by Crippen LogP contribution is -2.15. The highest BCUT2D eigenvalue weighted by molar-refractivity contribution is 5.21. The van der Waals surface area contributed by atoms with E-state index in [1.807, 2.05) is 12.3 Å². The van der Waals surface area contributed by atoms with Crippen LogP contribution < -0.4 is 5.32 Å². The Kier molecular flexibility index (Phi) is 2.32. The van der Waals surface area contributed by atoms with E-state index in [4.69, 9.17) is 0 Å². The van der Waals surface area contributed by atoms with Crippen molar-refractivity contribution < 1.29 is 0 Å². The summed E-state index contributed by atoms with van der Waals surface area (Å²) in [5.74, 6) is 0.784. The number of nitrogens with one attached hydrogen (secondary N) is 1. The first kappa shape index (κ1) is 8.70.